The van der Waals surface area contributed by atoms with E-state index >= 15 is 0 Å². The summed E-state index contributed by atoms with van der Waals surface area (Å²) in [5.41, 5.74) is 3.40. The highest BCUT2D eigenvalue weighted by molar-refractivity contribution is 6.31. The summed E-state index contributed by atoms with van der Waals surface area (Å²) < 4.78 is 5.76. The SMILES string of the molecule is O=C(Nc1ccc2oc(C3CC3)nc2c1)C1CC1c1ccccc1Cl. The molecule has 2 aliphatic rings. The number of carbonyl (C=O) groups is 1. The number of hydrogen-bond acceptors (Lipinski definition) is 3. The average Bonchev–Trinajstić information content (AvgIpc) is 3.52. The maximum Gasteiger partial charge on any atom is 0.228 e. The Morgan fingerprint density at radius 2 is 2.04 bits per heavy atom. The molecule has 0 saturated heterocycles. The number of amides is 1. The van der Waals surface area contributed by atoms with E-state index in [9.17, 15) is 4.79 Å². The van der Waals surface area contributed by atoms with Crippen LogP contribution in [0.15, 0.2) is 46.9 Å². The first-order chi connectivity index (χ1) is 12.2. The lowest BCUT2D eigenvalue weighted by Crippen LogP contribution is -2.14. The molecule has 1 heterocycles. The molecule has 0 radical (unpaired) electrons. The fourth-order valence-corrected chi connectivity index (χ4v) is 3.64. The number of anilines is 1. The normalized spacial score (nSPS) is 22.1. The van der Waals surface area contributed by atoms with Gasteiger partial charge in [0.25, 0.3) is 0 Å². The van der Waals surface area contributed by atoms with Gasteiger partial charge in [-0.1, -0.05) is 29.8 Å². The first-order valence-electron chi connectivity index (χ1n) is 8.65. The van der Waals surface area contributed by atoms with Gasteiger partial charge in [-0.3, -0.25) is 4.79 Å². The second-order valence-electron chi connectivity index (χ2n) is 6.97. The molecule has 2 atom stereocenters. The van der Waals surface area contributed by atoms with Crippen molar-refractivity contribution in [3.8, 4) is 0 Å². The van der Waals surface area contributed by atoms with Crippen LogP contribution in [0.2, 0.25) is 5.02 Å². The van der Waals surface area contributed by atoms with E-state index < -0.39 is 0 Å². The van der Waals surface area contributed by atoms with Gasteiger partial charge in [0, 0.05) is 22.5 Å². The molecule has 5 rings (SSSR count). The number of oxazole rings is 1. The third kappa shape index (κ3) is 2.81. The zero-order valence-corrected chi connectivity index (χ0v) is 14.3. The molecule has 1 amide bonds. The molecule has 0 spiro atoms. The molecule has 2 fully saturated rings. The molecule has 4 nitrogen and oxygen atoms in total. The Hall–Kier alpha value is -2.33. The van der Waals surface area contributed by atoms with Crippen molar-refractivity contribution in [3.05, 3.63) is 58.9 Å². The summed E-state index contributed by atoms with van der Waals surface area (Å²) >= 11 is 6.24. The van der Waals surface area contributed by atoms with Crippen LogP contribution in [-0.4, -0.2) is 10.9 Å². The largest absolute Gasteiger partial charge is 0.440 e. The zero-order chi connectivity index (χ0) is 17.0. The van der Waals surface area contributed by atoms with Crippen LogP contribution in [-0.2, 0) is 4.79 Å². The maximum atomic E-state index is 12.5. The van der Waals surface area contributed by atoms with Gasteiger partial charge in [0.1, 0.15) is 5.52 Å². The first kappa shape index (κ1) is 15.0. The third-order valence-electron chi connectivity index (χ3n) is 5.03. The van der Waals surface area contributed by atoms with Gasteiger partial charge in [0.15, 0.2) is 11.5 Å². The molecule has 5 heteroatoms. The van der Waals surface area contributed by atoms with Crippen LogP contribution in [0.1, 0.15) is 42.6 Å². The lowest BCUT2D eigenvalue weighted by molar-refractivity contribution is -0.117. The minimum atomic E-state index is -0.0186. The number of aromatic nitrogens is 1. The summed E-state index contributed by atoms with van der Waals surface area (Å²) in [6.45, 7) is 0. The van der Waals surface area contributed by atoms with E-state index in [-0.39, 0.29) is 17.7 Å². The predicted octanol–water partition coefficient (Wildman–Crippen LogP) is 5.10. The highest BCUT2D eigenvalue weighted by atomic mass is 35.5. The van der Waals surface area contributed by atoms with Crippen molar-refractivity contribution >= 4 is 34.3 Å². The van der Waals surface area contributed by atoms with Gasteiger partial charge >= 0.3 is 0 Å². The number of halogens is 1. The smallest absolute Gasteiger partial charge is 0.228 e. The molecule has 2 aromatic carbocycles. The van der Waals surface area contributed by atoms with Gasteiger partial charge in [-0.15, -0.1) is 0 Å². The molecule has 2 unspecified atom stereocenters. The van der Waals surface area contributed by atoms with Crippen molar-refractivity contribution in [3.63, 3.8) is 0 Å². The molecule has 126 valence electrons. The number of hydrogen-bond donors (Lipinski definition) is 1. The van der Waals surface area contributed by atoms with E-state index in [1.165, 1.54) is 0 Å². The second kappa shape index (κ2) is 5.60. The zero-order valence-electron chi connectivity index (χ0n) is 13.5. The Bertz CT molecular complexity index is 977. The minimum Gasteiger partial charge on any atom is -0.440 e. The van der Waals surface area contributed by atoms with Crippen molar-refractivity contribution in [1.29, 1.82) is 0 Å². The van der Waals surface area contributed by atoms with Crippen LogP contribution < -0.4 is 5.32 Å². The quantitative estimate of drug-likeness (QED) is 0.710. The van der Waals surface area contributed by atoms with Crippen molar-refractivity contribution in [2.75, 3.05) is 5.32 Å². The summed E-state index contributed by atoms with van der Waals surface area (Å²) in [5, 5.41) is 3.74. The van der Waals surface area contributed by atoms with Gasteiger partial charge in [-0.05, 0) is 55.0 Å². The van der Waals surface area contributed by atoms with E-state index in [2.05, 4.69) is 10.3 Å². The topological polar surface area (TPSA) is 55.1 Å². The number of fused-ring (bicyclic) bond motifs is 1. The van der Waals surface area contributed by atoms with Gasteiger partial charge in [0.05, 0.1) is 0 Å². The molecule has 2 saturated carbocycles. The monoisotopic (exact) mass is 352 g/mol. The Morgan fingerprint density at radius 3 is 2.84 bits per heavy atom. The molecule has 1 aromatic heterocycles. The van der Waals surface area contributed by atoms with Crippen molar-refractivity contribution in [1.82, 2.24) is 4.98 Å². The summed E-state index contributed by atoms with van der Waals surface area (Å²) in [7, 11) is 0. The number of nitrogens with one attached hydrogen (secondary N) is 1. The average molecular weight is 353 g/mol. The summed E-state index contributed by atoms with van der Waals surface area (Å²) in [6, 6.07) is 13.4. The molecule has 25 heavy (non-hydrogen) atoms. The van der Waals surface area contributed by atoms with Crippen LogP contribution in [0, 0.1) is 5.92 Å². The van der Waals surface area contributed by atoms with Gasteiger partial charge in [0.2, 0.25) is 5.91 Å². The molecule has 0 aliphatic heterocycles. The first-order valence-corrected chi connectivity index (χ1v) is 9.02. The molecular formula is C20H17ClN2O2. The Labute approximate surface area is 150 Å². The number of carbonyl (C=O) groups excluding carboxylic acids is 1. The molecule has 1 N–H and O–H groups in total. The highest BCUT2D eigenvalue weighted by Gasteiger charge is 2.44. The molecule has 2 aliphatic carbocycles. The van der Waals surface area contributed by atoms with E-state index in [1.54, 1.807) is 0 Å². The van der Waals surface area contributed by atoms with Crippen LogP contribution in [0.4, 0.5) is 5.69 Å². The van der Waals surface area contributed by atoms with Crippen LogP contribution >= 0.6 is 11.6 Å². The lowest BCUT2D eigenvalue weighted by atomic mass is 10.1. The number of benzene rings is 2. The molecule has 3 aromatic rings. The number of nitrogens with zero attached hydrogens (tertiary/aromatic N) is 1. The minimum absolute atomic E-state index is 0.0186. The molecule has 0 bridgehead atoms. The van der Waals surface area contributed by atoms with E-state index in [1.807, 2.05) is 42.5 Å². The Morgan fingerprint density at radius 1 is 1.20 bits per heavy atom. The van der Waals surface area contributed by atoms with Crippen LogP contribution in [0.3, 0.4) is 0 Å². The van der Waals surface area contributed by atoms with E-state index in [0.717, 1.165) is 52.5 Å². The van der Waals surface area contributed by atoms with Crippen molar-refractivity contribution in [2.24, 2.45) is 5.92 Å². The molecular weight excluding hydrogens is 336 g/mol. The Balaban J connectivity index is 1.31. The van der Waals surface area contributed by atoms with Gasteiger partial charge < -0.3 is 9.73 Å². The highest BCUT2D eigenvalue weighted by Crippen LogP contribution is 2.50. The van der Waals surface area contributed by atoms with Gasteiger partial charge in [-0.25, -0.2) is 4.98 Å². The summed E-state index contributed by atoms with van der Waals surface area (Å²) in [4.78, 5) is 17.1. The van der Waals surface area contributed by atoms with E-state index in [0.29, 0.717) is 5.92 Å². The van der Waals surface area contributed by atoms with Crippen molar-refractivity contribution in [2.45, 2.75) is 31.1 Å². The Kier molecular flexibility index (Phi) is 3.35. The number of rotatable bonds is 4. The predicted molar refractivity (Wildman–Crippen MR) is 96.9 cm³/mol. The second-order valence-corrected chi connectivity index (χ2v) is 7.38. The maximum absolute atomic E-state index is 12.5. The summed E-state index contributed by atoms with van der Waals surface area (Å²) in [5.74, 6) is 1.53. The fraction of sp³-hybridized carbons (Fsp3) is 0.300. The summed E-state index contributed by atoms with van der Waals surface area (Å²) in [6.07, 6.45) is 3.15. The standard InChI is InChI=1S/C20H17ClN2O2/c21-16-4-2-1-3-13(16)14-10-15(14)19(24)22-12-7-8-18-17(9-12)23-20(25-18)11-5-6-11/h1-4,7-9,11,14-15H,5-6,10H2,(H,22,24). The lowest BCUT2D eigenvalue weighted by Gasteiger charge is -2.06. The van der Waals surface area contributed by atoms with Crippen LogP contribution in [0.5, 0.6) is 0 Å². The van der Waals surface area contributed by atoms with Gasteiger partial charge in [-0.2, -0.15) is 0 Å². The van der Waals surface area contributed by atoms with E-state index in [4.69, 9.17) is 16.0 Å². The van der Waals surface area contributed by atoms with Crippen molar-refractivity contribution < 1.29 is 9.21 Å². The van der Waals surface area contributed by atoms with Crippen LogP contribution in [0.25, 0.3) is 11.1 Å². The fourth-order valence-electron chi connectivity index (χ4n) is 3.37. The third-order valence-corrected chi connectivity index (χ3v) is 5.37.